The fraction of sp³-hybridized carbons (Fsp3) is 0.750. The number of halogens is 1. The molecule has 2 N–H and O–H groups in total. The van der Waals surface area contributed by atoms with Gasteiger partial charge in [-0.3, -0.25) is 4.68 Å². The summed E-state index contributed by atoms with van der Waals surface area (Å²) in [7, 11) is 0. The summed E-state index contributed by atoms with van der Waals surface area (Å²) < 4.78 is 1.86. The molecule has 5 heteroatoms. The van der Waals surface area contributed by atoms with Crippen LogP contribution in [0.1, 0.15) is 32.4 Å². The van der Waals surface area contributed by atoms with Gasteiger partial charge in [0.2, 0.25) is 0 Å². The first-order valence-electron chi connectivity index (χ1n) is 6.06. The van der Waals surface area contributed by atoms with Crippen molar-refractivity contribution in [2.75, 3.05) is 13.2 Å². The predicted molar refractivity (Wildman–Crippen MR) is 70.4 cm³/mol. The molecular weight excluding hydrogens is 238 g/mol. The molecule has 0 spiro atoms. The van der Waals surface area contributed by atoms with Gasteiger partial charge in [-0.1, -0.05) is 18.5 Å². The molecule has 1 unspecified atom stereocenters. The van der Waals surface area contributed by atoms with Crippen LogP contribution in [0.4, 0.5) is 0 Å². The molecular formula is C12H22ClN3O. The third-order valence-electron chi connectivity index (χ3n) is 2.95. The largest absolute Gasteiger partial charge is 0.394 e. The quantitative estimate of drug-likeness (QED) is 0.787. The summed E-state index contributed by atoms with van der Waals surface area (Å²) in [5.41, 5.74) is 0.670. The molecule has 1 heterocycles. The van der Waals surface area contributed by atoms with Crippen LogP contribution in [0.25, 0.3) is 0 Å². The van der Waals surface area contributed by atoms with Crippen molar-refractivity contribution in [1.82, 2.24) is 15.1 Å². The van der Waals surface area contributed by atoms with E-state index in [0.29, 0.717) is 5.02 Å². The zero-order chi connectivity index (χ0) is 12.9. The Morgan fingerprint density at radius 2 is 2.29 bits per heavy atom. The van der Waals surface area contributed by atoms with E-state index in [2.05, 4.69) is 10.4 Å². The maximum atomic E-state index is 9.36. The summed E-state index contributed by atoms with van der Waals surface area (Å²) in [6, 6.07) is 0. The van der Waals surface area contributed by atoms with E-state index < -0.39 is 0 Å². The van der Waals surface area contributed by atoms with Crippen molar-refractivity contribution in [2.45, 2.75) is 45.7 Å². The van der Waals surface area contributed by atoms with E-state index >= 15 is 0 Å². The topological polar surface area (TPSA) is 50.1 Å². The van der Waals surface area contributed by atoms with Crippen molar-refractivity contribution < 1.29 is 5.11 Å². The summed E-state index contributed by atoms with van der Waals surface area (Å²) in [6.07, 6.45) is 3.72. The molecule has 0 radical (unpaired) electrons. The molecule has 0 amide bonds. The van der Waals surface area contributed by atoms with Crippen LogP contribution < -0.4 is 5.32 Å². The zero-order valence-electron chi connectivity index (χ0n) is 10.8. The normalized spacial score (nSPS) is 14.9. The molecule has 1 atom stereocenters. The number of rotatable bonds is 7. The highest BCUT2D eigenvalue weighted by Crippen LogP contribution is 2.15. The number of aryl methyl sites for hydroxylation is 2. The Hall–Kier alpha value is -0.580. The van der Waals surface area contributed by atoms with Gasteiger partial charge in [0.1, 0.15) is 0 Å². The first kappa shape index (κ1) is 14.5. The number of hydrogen-bond acceptors (Lipinski definition) is 3. The van der Waals surface area contributed by atoms with Crippen LogP contribution in [0.15, 0.2) is 6.20 Å². The molecule has 0 fully saturated rings. The van der Waals surface area contributed by atoms with Crippen molar-refractivity contribution in [1.29, 1.82) is 0 Å². The van der Waals surface area contributed by atoms with Gasteiger partial charge >= 0.3 is 0 Å². The minimum absolute atomic E-state index is 0.153. The van der Waals surface area contributed by atoms with Gasteiger partial charge in [-0.25, -0.2) is 0 Å². The molecule has 1 rings (SSSR count). The minimum atomic E-state index is -0.194. The van der Waals surface area contributed by atoms with Gasteiger partial charge < -0.3 is 10.4 Å². The van der Waals surface area contributed by atoms with Crippen molar-refractivity contribution >= 4 is 11.6 Å². The van der Waals surface area contributed by atoms with Gasteiger partial charge in [-0.2, -0.15) is 5.10 Å². The second kappa shape index (κ2) is 6.38. The lowest BCUT2D eigenvalue weighted by molar-refractivity contribution is 0.163. The average Bonchev–Trinajstić information content (AvgIpc) is 2.59. The van der Waals surface area contributed by atoms with Crippen LogP contribution in [-0.2, 0) is 6.54 Å². The van der Waals surface area contributed by atoms with Crippen molar-refractivity contribution in [3.63, 3.8) is 0 Å². The lowest BCUT2D eigenvalue weighted by atomic mass is 9.97. The summed E-state index contributed by atoms with van der Waals surface area (Å²) in [5.74, 6) is 0. The molecule has 0 bridgehead atoms. The number of aliphatic hydroxyl groups is 1. The first-order chi connectivity index (χ1) is 8.00. The summed E-state index contributed by atoms with van der Waals surface area (Å²) in [6.45, 7) is 7.83. The van der Waals surface area contributed by atoms with Gasteiger partial charge in [-0.05, 0) is 33.2 Å². The highest BCUT2D eigenvalue weighted by atomic mass is 35.5. The van der Waals surface area contributed by atoms with Gasteiger partial charge in [-0.15, -0.1) is 0 Å². The number of aliphatic hydroxyl groups excluding tert-OH is 1. The SMILES string of the molecule is CCNC(C)(CO)CCCn1cc(Cl)c(C)n1. The number of nitrogens with zero attached hydrogens (tertiary/aromatic N) is 2. The van der Waals surface area contributed by atoms with E-state index in [0.717, 1.165) is 31.6 Å². The Balaban J connectivity index is 2.41. The molecule has 0 saturated heterocycles. The van der Waals surface area contributed by atoms with Gasteiger partial charge in [0.15, 0.2) is 0 Å². The van der Waals surface area contributed by atoms with Crippen LogP contribution in [0.3, 0.4) is 0 Å². The molecule has 0 aromatic carbocycles. The Labute approximate surface area is 108 Å². The predicted octanol–water partition coefficient (Wildman–Crippen LogP) is 1.99. The Bertz CT molecular complexity index is 334. The molecule has 0 aliphatic rings. The van der Waals surface area contributed by atoms with E-state index in [1.807, 2.05) is 31.6 Å². The highest BCUT2D eigenvalue weighted by Gasteiger charge is 2.21. The van der Waals surface area contributed by atoms with Crippen molar-refractivity contribution in [3.05, 3.63) is 16.9 Å². The van der Waals surface area contributed by atoms with Crippen LogP contribution in [0, 0.1) is 6.92 Å². The lowest BCUT2D eigenvalue weighted by Crippen LogP contribution is -2.45. The molecule has 98 valence electrons. The van der Waals surface area contributed by atoms with Crippen LogP contribution in [-0.4, -0.2) is 33.6 Å². The standard InChI is InChI=1S/C12H22ClN3O/c1-4-14-12(3,9-17)6-5-7-16-8-11(13)10(2)15-16/h8,14,17H,4-7,9H2,1-3H3. The number of hydrogen-bond donors (Lipinski definition) is 2. The Kier molecular flexibility index (Phi) is 5.43. The van der Waals surface area contributed by atoms with Gasteiger partial charge in [0.05, 0.1) is 17.3 Å². The summed E-state index contributed by atoms with van der Waals surface area (Å²) in [5, 5.41) is 17.7. The smallest absolute Gasteiger partial charge is 0.0814 e. The highest BCUT2D eigenvalue weighted by molar-refractivity contribution is 6.31. The second-order valence-corrected chi connectivity index (χ2v) is 5.09. The fourth-order valence-electron chi connectivity index (χ4n) is 1.89. The Morgan fingerprint density at radius 3 is 2.76 bits per heavy atom. The van der Waals surface area contributed by atoms with Crippen LogP contribution >= 0.6 is 11.6 Å². The van der Waals surface area contributed by atoms with Crippen molar-refractivity contribution in [2.24, 2.45) is 0 Å². The summed E-state index contributed by atoms with van der Waals surface area (Å²) in [4.78, 5) is 0. The van der Waals surface area contributed by atoms with E-state index in [1.165, 1.54) is 0 Å². The van der Waals surface area contributed by atoms with E-state index in [1.54, 1.807) is 0 Å². The number of aromatic nitrogens is 2. The minimum Gasteiger partial charge on any atom is -0.394 e. The fourth-order valence-corrected chi connectivity index (χ4v) is 2.04. The molecule has 4 nitrogen and oxygen atoms in total. The Morgan fingerprint density at radius 1 is 1.59 bits per heavy atom. The third kappa shape index (κ3) is 4.30. The maximum absolute atomic E-state index is 9.36. The maximum Gasteiger partial charge on any atom is 0.0814 e. The molecule has 0 saturated carbocycles. The molecule has 0 aliphatic carbocycles. The van der Waals surface area contributed by atoms with E-state index in [9.17, 15) is 5.11 Å². The number of likely N-dealkylation sites (N-methyl/N-ethyl adjacent to an activating group) is 1. The third-order valence-corrected chi connectivity index (χ3v) is 3.33. The van der Waals surface area contributed by atoms with E-state index in [4.69, 9.17) is 11.6 Å². The second-order valence-electron chi connectivity index (χ2n) is 4.68. The van der Waals surface area contributed by atoms with Gasteiger partial charge in [0, 0.05) is 18.3 Å². The molecule has 0 aliphatic heterocycles. The molecule has 1 aromatic rings. The van der Waals surface area contributed by atoms with Crippen molar-refractivity contribution in [3.8, 4) is 0 Å². The average molecular weight is 260 g/mol. The zero-order valence-corrected chi connectivity index (χ0v) is 11.6. The molecule has 1 aromatic heterocycles. The number of nitrogens with one attached hydrogen (secondary N) is 1. The summed E-state index contributed by atoms with van der Waals surface area (Å²) >= 11 is 5.94. The van der Waals surface area contributed by atoms with Crippen LogP contribution in [0.5, 0.6) is 0 Å². The first-order valence-corrected chi connectivity index (χ1v) is 6.44. The van der Waals surface area contributed by atoms with E-state index in [-0.39, 0.29) is 12.1 Å². The molecule has 17 heavy (non-hydrogen) atoms. The van der Waals surface area contributed by atoms with Crippen LogP contribution in [0.2, 0.25) is 5.02 Å². The monoisotopic (exact) mass is 259 g/mol. The lowest BCUT2D eigenvalue weighted by Gasteiger charge is -2.28. The van der Waals surface area contributed by atoms with Gasteiger partial charge in [0.25, 0.3) is 0 Å².